The van der Waals surface area contributed by atoms with Crippen LogP contribution < -0.4 is 10.6 Å². The van der Waals surface area contributed by atoms with E-state index >= 15 is 0 Å². The molecule has 152 valence electrons. The monoisotopic (exact) mass is 431 g/mol. The lowest BCUT2D eigenvalue weighted by Gasteiger charge is -2.11. The summed E-state index contributed by atoms with van der Waals surface area (Å²) in [5.74, 6) is 0.184. The summed E-state index contributed by atoms with van der Waals surface area (Å²) in [7, 11) is 0. The van der Waals surface area contributed by atoms with Crippen molar-refractivity contribution in [3.8, 4) is 0 Å². The van der Waals surface area contributed by atoms with Gasteiger partial charge in [0.05, 0.1) is 11.7 Å². The topological polar surface area (TPSA) is 115 Å². The van der Waals surface area contributed by atoms with Gasteiger partial charge < -0.3 is 9.88 Å². The van der Waals surface area contributed by atoms with Crippen LogP contribution >= 0.6 is 23.1 Å². The number of anilines is 2. The van der Waals surface area contributed by atoms with Crippen LogP contribution in [0.5, 0.6) is 0 Å². The Morgan fingerprint density at radius 2 is 1.90 bits per heavy atom. The highest BCUT2D eigenvalue weighted by Crippen LogP contribution is 2.24. The smallest absolute Gasteiger partial charge is 0.239 e. The molecule has 9 nitrogen and oxygen atoms in total. The number of thioether (sulfide) groups is 1. The number of para-hydroxylation sites is 1. The predicted octanol–water partition coefficient (Wildman–Crippen LogP) is 2.76. The van der Waals surface area contributed by atoms with Gasteiger partial charge in [-0.05, 0) is 32.9 Å². The fourth-order valence-electron chi connectivity index (χ4n) is 2.49. The minimum Gasteiger partial charge on any atom is -0.326 e. The molecule has 3 aromatic rings. The molecule has 0 spiro atoms. The zero-order valence-corrected chi connectivity index (χ0v) is 17.9. The van der Waals surface area contributed by atoms with Gasteiger partial charge in [0, 0.05) is 12.2 Å². The van der Waals surface area contributed by atoms with Crippen LogP contribution in [0.4, 0.5) is 10.8 Å². The highest BCUT2D eigenvalue weighted by molar-refractivity contribution is 8.00. The number of carbonyl (C=O) groups is 2. The average Bonchev–Trinajstić information content (AvgIpc) is 3.27. The minimum atomic E-state index is -0.417. The van der Waals surface area contributed by atoms with E-state index in [1.165, 1.54) is 23.1 Å². The molecule has 1 atom stereocenters. The zero-order valence-electron chi connectivity index (χ0n) is 16.2. The number of benzene rings is 1. The van der Waals surface area contributed by atoms with E-state index in [-0.39, 0.29) is 18.2 Å². The molecule has 0 radical (unpaired) electrons. The van der Waals surface area contributed by atoms with E-state index in [0.717, 1.165) is 10.7 Å². The normalized spacial score (nSPS) is 11.8. The minimum absolute atomic E-state index is 0.0981. The van der Waals surface area contributed by atoms with Crippen molar-refractivity contribution in [1.29, 1.82) is 0 Å². The van der Waals surface area contributed by atoms with Crippen molar-refractivity contribution >= 4 is 45.7 Å². The summed E-state index contributed by atoms with van der Waals surface area (Å²) in [6.07, 6.45) is 0.0981. The Labute approximate surface area is 176 Å². The molecule has 2 amide bonds. The van der Waals surface area contributed by atoms with E-state index in [9.17, 15) is 9.59 Å². The highest BCUT2D eigenvalue weighted by Gasteiger charge is 2.21. The van der Waals surface area contributed by atoms with Crippen LogP contribution in [-0.4, -0.2) is 42.0 Å². The van der Waals surface area contributed by atoms with E-state index in [0.29, 0.717) is 22.7 Å². The van der Waals surface area contributed by atoms with E-state index in [1.54, 1.807) is 6.92 Å². The van der Waals surface area contributed by atoms with E-state index < -0.39 is 5.25 Å². The molecule has 0 aliphatic carbocycles. The molecule has 2 heterocycles. The molecule has 0 aliphatic rings. The third-order valence-electron chi connectivity index (χ3n) is 3.89. The summed E-state index contributed by atoms with van der Waals surface area (Å²) in [5, 5.41) is 23.1. The first-order valence-corrected chi connectivity index (χ1v) is 10.7. The van der Waals surface area contributed by atoms with Crippen molar-refractivity contribution in [1.82, 2.24) is 25.0 Å². The van der Waals surface area contributed by atoms with Crippen molar-refractivity contribution in [2.45, 2.75) is 44.1 Å². The predicted molar refractivity (Wildman–Crippen MR) is 113 cm³/mol. The fourth-order valence-corrected chi connectivity index (χ4v) is 4.02. The summed E-state index contributed by atoms with van der Waals surface area (Å²) in [4.78, 5) is 24.7. The lowest BCUT2D eigenvalue weighted by atomic mass is 10.3. The second kappa shape index (κ2) is 9.61. The van der Waals surface area contributed by atoms with Crippen LogP contribution in [0.3, 0.4) is 0 Å². The van der Waals surface area contributed by atoms with E-state index in [1.807, 2.05) is 48.7 Å². The molecule has 0 saturated heterocycles. The number of aryl methyl sites for hydroxylation is 1. The highest BCUT2D eigenvalue weighted by atomic mass is 32.2. The molecule has 0 fully saturated rings. The first-order valence-electron chi connectivity index (χ1n) is 9.01. The molecule has 0 bridgehead atoms. The van der Waals surface area contributed by atoms with Gasteiger partial charge in [0.15, 0.2) is 5.16 Å². The Morgan fingerprint density at radius 3 is 2.55 bits per heavy atom. The lowest BCUT2D eigenvalue weighted by Crippen LogP contribution is -2.23. The Bertz CT molecular complexity index is 987. The first kappa shape index (κ1) is 20.9. The van der Waals surface area contributed by atoms with Crippen LogP contribution in [0.15, 0.2) is 35.5 Å². The summed E-state index contributed by atoms with van der Waals surface area (Å²) in [6.45, 7) is 6.14. The standard InChI is InChI=1S/C18H21N7O2S2/c1-4-25-14(10-15(26)19-13-8-6-5-7-9-13)22-24-18(25)28-11(2)16(27)20-17-23-21-12(3)29-17/h5-9,11H,4,10H2,1-3H3,(H,19,26)(H,20,23,27)/t11-/m0/s1. The molecular formula is C18H21N7O2S2. The molecule has 0 saturated carbocycles. The Kier molecular flexibility index (Phi) is 6.94. The number of carbonyl (C=O) groups excluding carboxylic acids is 2. The molecule has 0 unspecified atom stereocenters. The molecule has 11 heteroatoms. The van der Waals surface area contributed by atoms with Gasteiger partial charge in [-0.3, -0.25) is 14.9 Å². The maximum atomic E-state index is 12.4. The van der Waals surface area contributed by atoms with Gasteiger partial charge >= 0.3 is 0 Å². The Hall–Kier alpha value is -2.79. The number of hydrogen-bond donors (Lipinski definition) is 2. The maximum Gasteiger partial charge on any atom is 0.239 e. The summed E-state index contributed by atoms with van der Waals surface area (Å²) in [6, 6.07) is 9.24. The van der Waals surface area contributed by atoms with Gasteiger partial charge in [0.1, 0.15) is 10.8 Å². The van der Waals surface area contributed by atoms with Crippen LogP contribution in [0.1, 0.15) is 24.7 Å². The molecule has 1 aromatic carbocycles. The second-order valence-corrected chi connectivity index (χ2v) is 8.60. The summed E-state index contributed by atoms with van der Waals surface area (Å²) < 4.78 is 1.84. The van der Waals surface area contributed by atoms with Crippen molar-refractivity contribution < 1.29 is 9.59 Å². The largest absolute Gasteiger partial charge is 0.326 e. The van der Waals surface area contributed by atoms with Crippen molar-refractivity contribution in [3.63, 3.8) is 0 Å². The molecule has 2 N–H and O–H groups in total. The van der Waals surface area contributed by atoms with Gasteiger partial charge in [0.2, 0.25) is 16.9 Å². The van der Waals surface area contributed by atoms with Gasteiger partial charge in [-0.25, -0.2) is 0 Å². The number of aromatic nitrogens is 5. The summed E-state index contributed by atoms with van der Waals surface area (Å²) in [5.41, 5.74) is 0.729. The van der Waals surface area contributed by atoms with Crippen molar-refractivity contribution in [2.24, 2.45) is 0 Å². The van der Waals surface area contributed by atoms with Crippen LogP contribution in [0.2, 0.25) is 0 Å². The Balaban J connectivity index is 1.62. The SMILES string of the molecule is CCn1c(CC(=O)Nc2ccccc2)nnc1S[C@@H](C)C(=O)Nc1nnc(C)s1. The fraction of sp³-hybridized carbons (Fsp3) is 0.333. The molecule has 29 heavy (non-hydrogen) atoms. The quantitative estimate of drug-likeness (QED) is 0.527. The number of rotatable bonds is 8. The van der Waals surface area contributed by atoms with Crippen LogP contribution in [0, 0.1) is 6.92 Å². The molecule has 3 rings (SSSR count). The third kappa shape index (κ3) is 5.61. The zero-order chi connectivity index (χ0) is 20.8. The number of nitrogens with zero attached hydrogens (tertiary/aromatic N) is 5. The molecule has 2 aromatic heterocycles. The van der Waals surface area contributed by atoms with Crippen molar-refractivity contribution in [3.05, 3.63) is 41.2 Å². The van der Waals surface area contributed by atoms with Crippen molar-refractivity contribution in [2.75, 3.05) is 10.6 Å². The molecule has 0 aliphatic heterocycles. The number of hydrogen-bond acceptors (Lipinski definition) is 8. The van der Waals surface area contributed by atoms with Gasteiger partial charge in [-0.2, -0.15) is 0 Å². The van der Waals surface area contributed by atoms with Gasteiger partial charge in [-0.15, -0.1) is 20.4 Å². The Morgan fingerprint density at radius 1 is 1.14 bits per heavy atom. The van der Waals surface area contributed by atoms with E-state index in [2.05, 4.69) is 31.0 Å². The van der Waals surface area contributed by atoms with Gasteiger partial charge in [-0.1, -0.05) is 41.3 Å². The van der Waals surface area contributed by atoms with Crippen LogP contribution in [0.25, 0.3) is 0 Å². The van der Waals surface area contributed by atoms with Crippen LogP contribution in [-0.2, 0) is 22.6 Å². The number of nitrogens with one attached hydrogen (secondary N) is 2. The molecular weight excluding hydrogens is 410 g/mol. The lowest BCUT2D eigenvalue weighted by molar-refractivity contribution is -0.116. The first-order chi connectivity index (χ1) is 14.0. The summed E-state index contributed by atoms with van der Waals surface area (Å²) >= 11 is 2.60. The average molecular weight is 432 g/mol. The second-order valence-electron chi connectivity index (χ2n) is 6.11. The van der Waals surface area contributed by atoms with Gasteiger partial charge in [0.25, 0.3) is 0 Å². The number of amides is 2. The maximum absolute atomic E-state index is 12.4. The third-order valence-corrected chi connectivity index (χ3v) is 5.73. The van der Waals surface area contributed by atoms with E-state index in [4.69, 9.17) is 0 Å².